The summed E-state index contributed by atoms with van der Waals surface area (Å²) in [5.74, 6) is 0.685. The fourth-order valence-corrected chi connectivity index (χ4v) is 2.19. The predicted octanol–water partition coefficient (Wildman–Crippen LogP) is 1.81. The fourth-order valence-electron chi connectivity index (χ4n) is 2.19. The number of nitrogens with zero attached hydrogens (tertiary/aromatic N) is 1. The van der Waals surface area contributed by atoms with E-state index in [-0.39, 0.29) is 18.1 Å². The lowest BCUT2D eigenvalue weighted by atomic mass is 10.1. The summed E-state index contributed by atoms with van der Waals surface area (Å²) in [4.78, 5) is 16.2. The second kappa shape index (κ2) is 6.52. The molecule has 0 aromatic carbocycles. The van der Waals surface area contributed by atoms with Gasteiger partial charge in [0.25, 0.3) is 5.91 Å². The van der Waals surface area contributed by atoms with Crippen molar-refractivity contribution in [3.8, 4) is 0 Å². The molecule has 2 N–H and O–H groups in total. The minimum Gasteiger partial charge on any atom is -0.376 e. The van der Waals surface area contributed by atoms with Crippen molar-refractivity contribution in [2.24, 2.45) is 0 Å². The van der Waals surface area contributed by atoms with Gasteiger partial charge in [-0.1, -0.05) is 0 Å². The number of carbonyl (C=O) groups excluding carboxylic acids is 1. The standard InChI is InChI=1S/C14H21N3O2/c1-3-15-13-7-6-11(9-16-13)14(18)17-10(2)12-5-4-8-19-12/h6-7,9-10,12H,3-5,8H2,1-2H3,(H,15,16)(H,17,18). The summed E-state index contributed by atoms with van der Waals surface area (Å²) in [6.45, 7) is 5.60. The highest BCUT2D eigenvalue weighted by Gasteiger charge is 2.23. The Labute approximate surface area is 113 Å². The smallest absolute Gasteiger partial charge is 0.253 e. The molecule has 1 aliphatic rings. The molecule has 0 radical (unpaired) electrons. The lowest BCUT2D eigenvalue weighted by molar-refractivity contribution is 0.0712. The first kappa shape index (κ1) is 13.8. The SMILES string of the molecule is CCNc1ccc(C(=O)NC(C)C2CCCO2)cn1. The van der Waals surface area contributed by atoms with Crippen LogP contribution in [0.1, 0.15) is 37.0 Å². The van der Waals surface area contributed by atoms with Crippen LogP contribution in [-0.2, 0) is 4.74 Å². The van der Waals surface area contributed by atoms with Crippen molar-refractivity contribution in [3.63, 3.8) is 0 Å². The van der Waals surface area contributed by atoms with Crippen LogP contribution in [0.25, 0.3) is 0 Å². The molecule has 5 heteroatoms. The molecular formula is C14H21N3O2. The third kappa shape index (κ3) is 3.67. The summed E-state index contributed by atoms with van der Waals surface area (Å²) in [7, 11) is 0. The van der Waals surface area contributed by atoms with Gasteiger partial charge < -0.3 is 15.4 Å². The molecule has 19 heavy (non-hydrogen) atoms. The van der Waals surface area contributed by atoms with Crippen molar-refractivity contribution in [2.45, 2.75) is 38.8 Å². The Kier molecular flexibility index (Phi) is 4.74. The van der Waals surface area contributed by atoms with Gasteiger partial charge >= 0.3 is 0 Å². The van der Waals surface area contributed by atoms with Crippen LogP contribution in [0.2, 0.25) is 0 Å². The summed E-state index contributed by atoms with van der Waals surface area (Å²) < 4.78 is 5.56. The third-order valence-electron chi connectivity index (χ3n) is 3.26. The highest BCUT2D eigenvalue weighted by molar-refractivity contribution is 5.94. The van der Waals surface area contributed by atoms with E-state index < -0.39 is 0 Å². The largest absolute Gasteiger partial charge is 0.376 e. The molecule has 2 unspecified atom stereocenters. The fraction of sp³-hybridized carbons (Fsp3) is 0.571. The highest BCUT2D eigenvalue weighted by atomic mass is 16.5. The maximum Gasteiger partial charge on any atom is 0.253 e. The Balaban J connectivity index is 1.91. The number of hydrogen-bond acceptors (Lipinski definition) is 4. The van der Waals surface area contributed by atoms with Gasteiger partial charge in [0.15, 0.2) is 0 Å². The number of rotatable bonds is 5. The van der Waals surface area contributed by atoms with Gasteiger partial charge in [0, 0.05) is 19.3 Å². The van der Waals surface area contributed by atoms with Gasteiger partial charge in [-0.2, -0.15) is 0 Å². The van der Waals surface area contributed by atoms with Gasteiger partial charge in [0.05, 0.1) is 17.7 Å². The van der Waals surface area contributed by atoms with E-state index in [1.54, 1.807) is 12.3 Å². The van der Waals surface area contributed by atoms with Crippen LogP contribution in [0, 0.1) is 0 Å². The van der Waals surface area contributed by atoms with Crippen molar-refractivity contribution < 1.29 is 9.53 Å². The quantitative estimate of drug-likeness (QED) is 0.850. The Morgan fingerprint density at radius 3 is 3.00 bits per heavy atom. The topological polar surface area (TPSA) is 63.2 Å². The number of pyridine rings is 1. The van der Waals surface area contributed by atoms with Crippen molar-refractivity contribution in [3.05, 3.63) is 23.9 Å². The predicted molar refractivity (Wildman–Crippen MR) is 74.3 cm³/mol. The molecule has 2 atom stereocenters. The lowest BCUT2D eigenvalue weighted by Crippen LogP contribution is -2.40. The van der Waals surface area contributed by atoms with E-state index in [2.05, 4.69) is 15.6 Å². The molecule has 104 valence electrons. The monoisotopic (exact) mass is 263 g/mol. The Morgan fingerprint density at radius 2 is 2.42 bits per heavy atom. The van der Waals surface area contributed by atoms with Gasteiger partial charge in [0.2, 0.25) is 0 Å². The van der Waals surface area contributed by atoms with E-state index in [9.17, 15) is 4.79 Å². The number of nitrogens with one attached hydrogen (secondary N) is 2. The zero-order valence-electron chi connectivity index (χ0n) is 11.5. The molecular weight excluding hydrogens is 242 g/mol. The molecule has 1 aromatic heterocycles. The van der Waals surface area contributed by atoms with Gasteiger partial charge in [-0.15, -0.1) is 0 Å². The van der Waals surface area contributed by atoms with Crippen LogP contribution in [0.15, 0.2) is 18.3 Å². The van der Waals surface area contributed by atoms with E-state index in [1.165, 1.54) is 0 Å². The number of anilines is 1. The van der Waals surface area contributed by atoms with Gasteiger partial charge in [0.1, 0.15) is 5.82 Å². The van der Waals surface area contributed by atoms with E-state index in [0.29, 0.717) is 5.56 Å². The minimum atomic E-state index is -0.0986. The van der Waals surface area contributed by atoms with Crippen LogP contribution < -0.4 is 10.6 Å². The zero-order chi connectivity index (χ0) is 13.7. The Bertz CT molecular complexity index is 413. The highest BCUT2D eigenvalue weighted by Crippen LogP contribution is 2.15. The van der Waals surface area contributed by atoms with Crippen molar-refractivity contribution >= 4 is 11.7 Å². The number of carbonyl (C=O) groups is 1. The number of ether oxygens (including phenoxy) is 1. The van der Waals surface area contributed by atoms with Gasteiger partial charge in [-0.05, 0) is 38.8 Å². The second-order valence-electron chi connectivity index (χ2n) is 4.78. The molecule has 2 rings (SSSR count). The molecule has 1 saturated heterocycles. The van der Waals surface area contributed by atoms with Crippen molar-refractivity contribution in [1.82, 2.24) is 10.3 Å². The summed E-state index contributed by atoms with van der Waals surface area (Å²) in [5, 5.41) is 6.06. The van der Waals surface area contributed by atoms with E-state index in [0.717, 1.165) is 31.8 Å². The van der Waals surface area contributed by atoms with Crippen LogP contribution in [0.5, 0.6) is 0 Å². The maximum atomic E-state index is 12.1. The molecule has 0 bridgehead atoms. The molecule has 5 nitrogen and oxygen atoms in total. The van der Waals surface area contributed by atoms with Crippen molar-refractivity contribution in [1.29, 1.82) is 0 Å². The van der Waals surface area contributed by atoms with Crippen LogP contribution in [0.4, 0.5) is 5.82 Å². The molecule has 0 aliphatic carbocycles. The average molecular weight is 263 g/mol. The first-order valence-corrected chi connectivity index (χ1v) is 6.83. The number of hydrogen-bond donors (Lipinski definition) is 2. The van der Waals surface area contributed by atoms with Gasteiger partial charge in [-0.25, -0.2) is 4.98 Å². The van der Waals surface area contributed by atoms with Crippen LogP contribution >= 0.6 is 0 Å². The lowest BCUT2D eigenvalue weighted by Gasteiger charge is -2.19. The van der Waals surface area contributed by atoms with E-state index in [4.69, 9.17) is 4.74 Å². The molecule has 0 saturated carbocycles. The summed E-state index contributed by atoms with van der Waals surface area (Å²) in [6.07, 6.45) is 3.82. The van der Waals surface area contributed by atoms with Crippen molar-refractivity contribution in [2.75, 3.05) is 18.5 Å². The first-order chi connectivity index (χ1) is 9.20. The van der Waals surface area contributed by atoms with Crippen LogP contribution in [0.3, 0.4) is 0 Å². The molecule has 0 spiro atoms. The second-order valence-corrected chi connectivity index (χ2v) is 4.78. The zero-order valence-corrected chi connectivity index (χ0v) is 11.5. The number of amides is 1. The Morgan fingerprint density at radius 1 is 1.58 bits per heavy atom. The summed E-state index contributed by atoms with van der Waals surface area (Å²) in [6, 6.07) is 3.63. The molecule has 2 heterocycles. The average Bonchev–Trinajstić information content (AvgIpc) is 2.94. The molecule has 1 aromatic rings. The Hall–Kier alpha value is -1.62. The first-order valence-electron chi connectivity index (χ1n) is 6.83. The minimum absolute atomic E-state index is 0.0310. The van der Waals surface area contributed by atoms with Crippen LogP contribution in [-0.4, -0.2) is 36.2 Å². The summed E-state index contributed by atoms with van der Waals surface area (Å²) >= 11 is 0. The normalized spacial score (nSPS) is 20.0. The van der Waals surface area contributed by atoms with Gasteiger partial charge in [-0.3, -0.25) is 4.79 Å². The number of aromatic nitrogens is 1. The summed E-state index contributed by atoms with van der Waals surface area (Å²) in [5.41, 5.74) is 0.575. The molecule has 1 amide bonds. The third-order valence-corrected chi connectivity index (χ3v) is 3.26. The molecule has 1 fully saturated rings. The molecule has 1 aliphatic heterocycles. The van der Waals surface area contributed by atoms with E-state index in [1.807, 2.05) is 19.9 Å². The van der Waals surface area contributed by atoms with E-state index >= 15 is 0 Å². The maximum absolute atomic E-state index is 12.1.